The molecule has 0 fully saturated rings. The molecule has 2 atom stereocenters. The van der Waals surface area contributed by atoms with Crippen LogP contribution >= 0.6 is 0 Å². The number of Topliss-reactive ketones (excluding diaryl/α,β-unsaturated/α-hetero) is 1. The van der Waals surface area contributed by atoms with E-state index in [1.807, 2.05) is 0 Å². The van der Waals surface area contributed by atoms with Crippen LogP contribution in [-0.4, -0.2) is 53.8 Å². The Hall–Kier alpha value is -2.00. The molecule has 0 aliphatic rings. The molecule has 7 N–H and O–H groups in total. The molecule has 0 saturated carbocycles. The lowest BCUT2D eigenvalue weighted by Gasteiger charge is -2.12. The van der Waals surface area contributed by atoms with E-state index in [0.717, 1.165) is 0 Å². The second kappa shape index (κ2) is 10.7. The van der Waals surface area contributed by atoms with Gasteiger partial charge < -0.3 is 27.2 Å². The fraction of sp³-hybridized carbons (Fsp3) is 0.692. The van der Waals surface area contributed by atoms with Crippen LogP contribution in [0.15, 0.2) is 0 Å². The molecule has 0 aliphatic heterocycles. The molecule has 0 rings (SSSR count). The van der Waals surface area contributed by atoms with E-state index in [9.17, 15) is 19.2 Å². The molecular weight excluding hydrogens is 292 g/mol. The highest BCUT2D eigenvalue weighted by molar-refractivity contribution is 5.89. The van der Waals surface area contributed by atoms with Crippen molar-refractivity contribution in [2.45, 2.75) is 44.7 Å². The van der Waals surface area contributed by atoms with E-state index in [-0.39, 0.29) is 43.9 Å². The van der Waals surface area contributed by atoms with Crippen molar-refractivity contribution in [3.8, 4) is 0 Å². The Labute approximate surface area is 128 Å². The highest BCUT2D eigenvalue weighted by atomic mass is 16.4. The van der Waals surface area contributed by atoms with Crippen molar-refractivity contribution in [1.29, 1.82) is 0 Å². The molecule has 2 amide bonds. The number of rotatable bonds is 11. The fourth-order valence-electron chi connectivity index (χ4n) is 1.55. The van der Waals surface area contributed by atoms with Crippen molar-refractivity contribution >= 4 is 23.6 Å². The first-order chi connectivity index (χ1) is 10.3. The van der Waals surface area contributed by atoms with Crippen LogP contribution in [0.3, 0.4) is 0 Å². The third-order valence-corrected chi connectivity index (χ3v) is 2.90. The standard InChI is InChI=1S/C13H24N4O5/c1-2-16-11(19)6-5-9(14)12(20)17-7-8(18)3-4-10(15)13(21)22/h9-10H,2-7,14-15H2,1H3,(H,16,19)(H,17,20)(H,21,22)/t9-,10-/m0/s1. The minimum absolute atomic E-state index is 0.00722. The van der Waals surface area contributed by atoms with Crippen LogP contribution in [0.1, 0.15) is 32.6 Å². The van der Waals surface area contributed by atoms with Gasteiger partial charge in [0.1, 0.15) is 6.04 Å². The van der Waals surface area contributed by atoms with Crippen LogP contribution < -0.4 is 22.1 Å². The van der Waals surface area contributed by atoms with Crippen LogP contribution in [-0.2, 0) is 19.2 Å². The average molecular weight is 316 g/mol. The summed E-state index contributed by atoms with van der Waals surface area (Å²) in [5, 5.41) is 13.5. The van der Waals surface area contributed by atoms with Crippen molar-refractivity contribution in [3.63, 3.8) is 0 Å². The van der Waals surface area contributed by atoms with E-state index in [0.29, 0.717) is 6.54 Å². The molecule has 0 heterocycles. The summed E-state index contributed by atoms with van der Waals surface area (Å²) in [4.78, 5) is 44.8. The van der Waals surface area contributed by atoms with Crippen LogP contribution in [0, 0.1) is 0 Å². The summed E-state index contributed by atoms with van der Waals surface area (Å²) in [5.74, 6) is -2.23. The molecule has 0 spiro atoms. The number of ketones is 1. The van der Waals surface area contributed by atoms with Gasteiger partial charge in [0, 0.05) is 19.4 Å². The quantitative estimate of drug-likeness (QED) is 0.297. The molecule has 0 aliphatic carbocycles. The normalized spacial score (nSPS) is 13.0. The molecule has 0 saturated heterocycles. The van der Waals surface area contributed by atoms with Gasteiger partial charge in [0.05, 0.1) is 12.6 Å². The van der Waals surface area contributed by atoms with Crippen molar-refractivity contribution in [2.24, 2.45) is 11.5 Å². The van der Waals surface area contributed by atoms with Crippen LogP contribution in [0.25, 0.3) is 0 Å². The maximum absolute atomic E-state index is 11.6. The molecule has 9 heteroatoms. The van der Waals surface area contributed by atoms with Crippen molar-refractivity contribution in [2.75, 3.05) is 13.1 Å². The van der Waals surface area contributed by atoms with Gasteiger partial charge in [-0.05, 0) is 19.8 Å². The highest BCUT2D eigenvalue weighted by Crippen LogP contribution is 1.97. The molecule has 0 aromatic rings. The minimum Gasteiger partial charge on any atom is -0.480 e. The smallest absolute Gasteiger partial charge is 0.320 e. The lowest BCUT2D eigenvalue weighted by molar-refractivity contribution is -0.138. The number of carboxylic acid groups (broad SMARTS) is 1. The predicted octanol–water partition coefficient (Wildman–Crippen LogP) is -1.89. The van der Waals surface area contributed by atoms with Gasteiger partial charge in [-0.15, -0.1) is 0 Å². The number of carbonyl (C=O) groups excluding carboxylic acids is 3. The zero-order valence-electron chi connectivity index (χ0n) is 12.6. The summed E-state index contributed by atoms with van der Waals surface area (Å²) in [6.07, 6.45) is 0.273. The Kier molecular flexibility index (Phi) is 9.72. The van der Waals surface area contributed by atoms with Gasteiger partial charge in [-0.3, -0.25) is 19.2 Å². The number of hydrogen-bond donors (Lipinski definition) is 5. The number of nitrogens with two attached hydrogens (primary N) is 2. The summed E-state index contributed by atoms with van der Waals surface area (Å²) in [5.41, 5.74) is 10.9. The Balaban J connectivity index is 3.93. The predicted molar refractivity (Wildman–Crippen MR) is 78.8 cm³/mol. The maximum Gasteiger partial charge on any atom is 0.320 e. The summed E-state index contributed by atoms with van der Waals surface area (Å²) in [7, 11) is 0. The van der Waals surface area contributed by atoms with Crippen molar-refractivity contribution in [1.82, 2.24) is 10.6 Å². The number of nitrogens with one attached hydrogen (secondary N) is 2. The van der Waals surface area contributed by atoms with Gasteiger partial charge in [-0.1, -0.05) is 0 Å². The lowest BCUT2D eigenvalue weighted by Crippen LogP contribution is -2.43. The molecule has 9 nitrogen and oxygen atoms in total. The van der Waals surface area contributed by atoms with Crippen molar-refractivity contribution in [3.05, 3.63) is 0 Å². The summed E-state index contributed by atoms with van der Waals surface area (Å²) >= 11 is 0. The molecule has 22 heavy (non-hydrogen) atoms. The molecule has 0 unspecified atom stereocenters. The van der Waals surface area contributed by atoms with Crippen molar-refractivity contribution < 1.29 is 24.3 Å². The third-order valence-electron chi connectivity index (χ3n) is 2.90. The SMILES string of the molecule is CCNC(=O)CC[C@H](N)C(=O)NCC(=O)CC[C@H](N)C(=O)O. The van der Waals surface area contributed by atoms with Crippen LogP contribution in [0.2, 0.25) is 0 Å². The van der Waals surface area contributed by atoms with E-state index < -0.39 is 24.0 Å². The van der Waals surface area contributed by atoms with E-state index in [2.05, 4.69) is 10.6 Å². The molecule has 0 radical (unpaired) electrons. The minimum atomic E-state index is -1.18. The molecule has 0 aromatic heterocycles. The second-order valence-corrected chi connectivity index (χ2v) is 4.84. The number of aliphatic carboxylic acids is 1. The molecular formula is C13H24N4O5. The third kappa shape index (κ3) is 9.03. The zero-order valence-corrected chi connectivity index (χ0v) is 12.6. The van der Waals surface area contributed by atoms with E-state index in [1.54, 1.807) is 6.92 Å². The van der Waals surface area contributed by atoms with Crippen LogP contribution in [0.5, 0.6) is 0 Å². The fourth-order valence-corrected chi connectivity index (χ4v) is 1.55. The number of hydrogen-bond acceptors (Lipinski definition) is 6. The lowest BCUT2D eigenvalue weighted by atomic mass is 10.1. The number of carboxylic acids is 1. The van der Waals surface area contributed by atoms with Gasteiger partial charge in [0.2, 0.25) is 11.8 Å². The van der Waals surface area contributed by atoms with Gasteiger partial charge in [-0.25, -0.2) is 0 Å². The Bertz CT molecular complexity index is 413. The monoisotopic (exact) mass is 316 g/mol. The summed E-state index contributed by atoms with van der Waals surface area (Å²) in [6.45, 7) is 2.06. The Morgan fingerprint density at radius 1 is 1.00 bits per heavy atom. The first kappa shape index (κ1) is 20.0. The van der Waals surface area contributed by atoms with E-state index >= 15 is 0 Å². The Morgan fingerprint density at radius 2 is 1.59 bits per heavy atom. The second-order valence-electron chi connectivity index (χ2n) is 4.84. The zero-order chi connectivity index (χ0) is 17.1. The molecule has 126 valence electrons. The first-order valence-corrected chi connectivity index (χ1v) is 7.08. The molecule has 0 bridgehead atoms. The van der Waals surface area contributed by atoms with Crippen LogP contribution in [0.4, 0.5) is 0 Å². The number of carbonyl (C=O) groups is 4. The molecule has 0 aromatic carbocycles. The highest BCUT2D eigenvalue weighted by Gasteiger charge is 2.17. The Morgan fingerprint density at radius 3 is 2.14 bits per heavy atom. The summed E-state index contributed by atoms with van der Waals surface area (Å²) in [6, 6.07) is -1.98. The largest absolute Gasteiger partial charge is 0.480 e. The topological polar surface area (TPSA) is 165 Å². The average Bonchev–Trinajstić information content (AvgIpc) is 2.47. The van der Waals surface area contributed by atoms with E-state index in [4.69, 9.17) is 16.6 Å². The number of amides is 2. The van der Waals surface area contributed by atoms with Gasteiger partial charge in [0.15, 0.2) is 5.78 Å². The van der Waals surface area contributed by atoms with Gasteiger partial charge >= 0.3 is 5.97 Å². The van der Waals surface area contributed by atoms with Gasteiger partial charge in [-0.2, -0.15) is 0 Å². The van der Waals surface area contributed by atoms with Gasteiger partial charge in [0.25, 0.3) is 0 Å². The maximum atomic E-state index is 11.6. The first-order valence-electron chi connectivity index (χ1n) is 7.08. The summed E-state index contributed by atoms with van der Waals surface area (Å²) < 4.78 is 0. The van der Waals surface area contributed by atoms with E-state index in [1.165, 1.54) is 0 Å².